The first kappa shape index (κ1) is 6.46. The average Bonchev–Trinajstić information content (AvgIpc) is 2.77. The largest absolute Gasteiger partial charge is 0.394 e. The number of H-pyrrole nitrogens is 1. The number of nitrogens with two attached hydrogens (primary N) is 1. The molecule has 0 radical (unpaired) electrons. The van der Waals surface area contributed by atoms with Crippen LogP contribution in [0.1, 0.15) is 24.5 Å². The van der Waals surface area contributed by atoms with E-state index in [1.807, 2.05) is 6.07 Å². The van der Waals surface area contributed by atoms with Crippen molar-refractivity contribution in [3.05, 3.63) is 28.2 Å². The van der Waals surface area contributed by atoms with Gasteiger partial charge in [-0.05, 0) is 30.9 Å². The van der Waals surface area contributed by atoms with Crippen LogP contribution in [-0.4, -0.2) is 4.98 Å². The predicted molar refractivity (Wildman–Crippen MR) is 43.5 cm³/mol. The minimum absolute atomic E-state index is 0.158. The Bertz CT molecular complexity index is 325. The quantitative estimate of drug-likeness (QED) is 0.623. The van der Waals surface area contributed by atoms with Crippen molar-refractivity contribution in [2.75, 3.05) is 5.73 Å². The highest BCUT2D eigenvalue weighted by Crippen LogP contribution is 2.38. The van der Waals surface area contributed by atoms with Gasteiger partial charge in [0.1, 0.15) is 0 Å². The van der Waals surface area contributed by atoms with E-state index in [4.69, 9.17) is 5.73 Å². The summed E-state index contributed by atoms with van der Waals surface area (Å²) < 4.78 is 0. The molecular formula is C8H10N2O. The molecule has 1 heterocycles. The van der Waals surface area contributed by atoms with Crippen LogP contribution in [0.2, 0.25) is 0 Å². The van der Waals surface area contributed by atoms with Gasteiger partial charge in [0.15, 0.2) is 0 Å². The molecule has 3 N–H and O–H groups in total. The lowest BCUT2D eigenvalue weighted by Crippen LogP contribution is -2.12. The summed E-state index contributed by atoms with van der Waals surface area (Å²) in [5.74, 6) is 0.586. The second-order valence-corrected chi connectivity index (χ2v) is 2.97. The van der Waals surface area contributed by atoms with Crippen molar-refractivity contribution < 1.29 is 0 Å². The molecule has 11 heavy (non-hydrogen) atoms. The van der Waals surface area contributed by atoms with Gasteiger partial charge in [-0.2, -0.15) is 0 Å². The Balaban J connectivity index is 2.44. The maximum Gasteiger partial charge on any atom is 0.271 e. The van der Waals surface area contributed by atoms with Gasteiger partial charge >= 0.3 is 0 Å². The topological polar surface area (TPSA) is 58.9 Å². The molecule has 1 aromatic heterocycles. The molecule has 3 heteroatoms. The lowest BCUT2D eigenvalue weighted by molar-refractivity contribution is 1.00. The molecule has 1 fully saturated rings. The Morgan fingerprint density at radius 3 is 2.73 bits per heavy atom. The smallest absolute Gasteiger partial charge is 0.271 e. The maximum atomic E-state index is 11.0. The molecule has 0 bridgehead atoms. The van der Waals surface area contributed by atoms with Gasteiger partial charge in [0.05, 0.1) is 5.69 Å². The van der Waals surface area contributed by atoms with Crippen molar-refractivity contribution in [3.8, 4) is 0 Å². The summed E-state index contributed by atoms with van der Waals surface area (Å²) in [5, 5.41) is 0. The van der Waals surface area contributed by atoms with Gasteiger partial charge in [0.25, 0.3) is 5.56 Å². The Labute approximate surface area is 64.2 Å². The number of aromatic amines is 1. The van der Waals surface area contributed by atoms with Crippen LogP contribution in [0.3, 0.4) is 0 Å². The van der Waals surface area contributed by atoms with E-state index < -0.39 is 0 Å². The third kappa shape index (κ3) is 1.13. The standard InChI is InChI=1S/C8H10N2O/c9-6-3-4-7(5-1-2-5)10-8(6)11/h3-5H,1-2,9H2,(H,10,11). The number of hydrogen-bond acceptors (Lipinski definition) is 2. The van der Waals surface area contributed by atoms with E-state index in [1.165, 1.54) is 12.8 Å². The first-order valence-corrected chi connectivity index (χ1v) is 3.76. The second kappa shape index (κ2) is 2.12. The Kier molecular flexibility index (Phi) is 1.24. The van der Waals surface area contributed by atoms with Crippen molar-refractivity contribution >= 4 is 5.69 Å². The number of pyridine rings is 1. The van der Waals surface area contributed by atoms with E-state index in [2.05, 4.69) is 4.98 Å². The summed E-state index contributed by atoms with van der Waals surface area (Å²) in [6.45, 7) is 0. The minimum atomic E-state index is -0.158. The summed E-state index contributed by atoms with van der Waals surface area (Å²) >= 11 is 0. The summed E-state index contributed by atoms with van der Waals surface area (Å²) in [4.78, 5) is 13.7. The maximum absolute atomic E-state index is 11.0. The Hall–Kier alpha value is -1.25. The molecule has 1 aliphatic carbocycles. The van der Waals surface area contributed by atoms with Gasteiger partial charge in [0.2, 0.25) is 0 Å². The SMILES string of the molecule is Nc1ccc(C2CC2)[nH]c1=O. The van der Waals surface area contributed by atoms with Crippen molar-refractivity contribution in [1.82, 2.24) is 4.98 Å². The van der Waals surface area contributed by atoms with E-state index in [-0.39, 0.29) is 5.56 Å². The highest BCUT2D eigenvalue weighted by Gasteiger charge is 2.24. The zero-order chi connectivity index (χ0) is 7.84. The fourth-order valence-corrected chi connectivity index (χ4v) is 1.13. The van der Waals surface area contributed by atoms with Gasteiger partial charge in [-0.3, -0.25) is 4.79 Å². The van der Waals surface area contributed by atoms with Crippen LogP contribution in [0.5, 0.6) is 0 Å². The molecule has 58 valence electrons. The number of anilines is 1. The normalized spacial score (nSPS) is 16.7. The lowest BCUT2D eigenvalue weighted by atomic mass is 10.2. The zero-order valence-electron chi connectivity index (χ0n) is 6.13. The average molecular weight is 150 g/mol. The fraction of sp³-hybridized carbons (Fsp3) is 0.375. The molecule has 3 nitrogen and oxygen atoms in total. The van der Waals surface area contributed by atoms with Crippen LogP contribution in [0.25, 0.3) is 0 Å². The number of nitrogens with one attached hydrogen (secondary N) is 1. The molecule has 0 atom stereocenters. The van der Waals surface area contributed by atoms with Crippen LogP contribution in [-0.2, 0) is 0 Å². The van der Waals surface area contributed by atoms with E-state index in [0.717, 1.165) is 5.69 Å². The second-order valence-electron chi connectivity index (χ2n) is 2.97. The first-order valence-electron chi connectivity index (χ1n) is 3.76. The first-order chi connectivity index (χ1) is 5.27. The molecular weight excluding hydrogens is 140 g/mol. The summed E-state index contributed by atoms with van der Waals surface area (Å²) in [6, 6.07) is 3.57. The van der Waals surface area contributed by atoms with E-state index in [0.29, 0.717) is 11.6 Å². The molecule has 0 spiro atoms. The molecule has 0 unspecified atom stereocenters. The van der Waals surface area contributed by atoms with Crippen LogP contribution < -0.4 is 11.3 Å². The molecule has 1 aliphatic rings. The summed E-state index contributed by atoms with van der Waals surface area (Å²) in [6.07, 6.45) is 2.39. The summed E-state index contributed by atoms with van der Waals surface area (Å²) in [5.41, 5.74) is 6.54. The number of aromatic nitrogens is 1. The molecule has 0 amide bonds. The lowest BCUT2D eigenvalue weighted by Gasteiger charge is -1.96. The van der Waals surface area contributed by atoms with Crippen LogP contribution >= 0.6 is 0 Å². The molecule has 0 aliphatic heterocycles. The van der Waals surface area contributed by atoms with Gasteiger partial charge in [-0.25, -0.2) is 0 Å². The zero-order valence-corrected chi connectivity index (χ0v) is 6.13. The third-order valence-electron chi connectivity index (χ3n) is 1.98. The number of rotatable bonds is 1. The van der Waals surface area contributed by atoms with Crippen LogP contribution in [0.15, 0.2) is 16.9 Å². The van der Waals surface area contributed by atoms with Gasteiger partial charge in [0, 0.05) is 5.69 Å². The molecule has 1 aromatic rings. The van der Waals surface area contributed by atoms with Crippen molar-refractivity contribution in [2.24, 2.45) is 0 Å². The van der Waals surface area contributed by atoms with Crippen LogP contribution in [0.4, 0.5) is 5.69 Å². The van der Waals surface area contributed by atoms with Crippen LogP contribution in [0, 0.1) is 0 Å². The number of hydrogen-bond donors (Lipinski definition) is 2. The molecule has 2 rings (SSSR count). The van der Waals surface area contributed by atoms with E-state index in [1.54, 1.807) is 6.07 Å². The van der Waals surface area contributed by atoms with Gasteiger partial charge in [-0.15, -0.1) is 0 Å². The monoisotopic (exact) mass is 150 g/mol. The number of nitrogen functional groups attached to an aromatic ring is 1. The molecule has 0 aromatic carbocycles. The van der Waals surface area contributed by atoms with E-state index >= 15 is 0 Å². The minimum Gasteiger partial charge on any atom is -0.394 e. The van der Waals surface area contributed by atoms with Crippen molar-refractivity contribution in [3.63, 3.8) is 0 Å². The highest BCUT2D eigenvalue weighted by molar-refractivity contribution is 5.35. The molecule has 0 saturated heterocycles. The van der Waals surface area contributed by atoms with Gasteiger partial charge in [-0.1, -0.05) is 0 Å². The molecule has 1 saturated carbocycles. The third-order valence-corrected chi connectivity index (χ3v) is 1.98. The van der Waals surface area contributed by atoms with Crippen molar-refractivity contribution in [1.29, 1.82) is 0 Å². The predicted octanol–water partition coefficient (Wildman–Crippen LogP) is 0.835. The van der Waals surface area contributed by atoms with Crippen molar-refractivity contribution in [2.45, 2.75) is 18.8 Å². The van der Waals surface area contributed by atoms with E-state index in [9.17, 15) is 4.79 Å². The Morgan fingerprint density at radius 1 is 1.45 bits per heavy atom. The fourth-order valence-electron chi connectivity index (χ4n) is 1.13. The van der Waals surface area contributed by atoms with Gasteiger partial charge < -0.3 is 10.7 Å². The Morgan fingerprint density at radius 2 is 2.18 bits per heavy atom. The highest BCUT2D eigenvalue weighted by atomic mass is 16.1. The summed E-state index contributed by atoms with van der Waals surface area (Å²) in [7, 11) is 0.